The molecule has 0 spiro atoms. The van der Waals surface area contributed by atoms with Crippen molar-refractivity contribution in [3.05, 3.63) is 33.2 Å². The fourth-order valence-electron chi connectivity index (χ4n) is 3.48. The number of methoxy groups -OCH3 is 1. The number of unbranched alkanes of at least 4 members (excludes halogenated alkanes) is 1. The van der Waals surface area contributed by atoms with Gasteiger partial charge in [-0.1, -0.05) is 53.9 Å². The van der Waals surface area contributed by atoms with Crippen LogP contribution in [-0.2, 0) is 28.9 Å². The number of esters is 1. The molecule has 0 saturated heterocycles. The van der Waals surface area contributed by atoms with Crippen LogP contribution in [0, 0.1) is 5.92 Å². The van der Waals surface area contributed by atoms with E-state index in [1.807, 2.05) is 20.8 Å². The van der Waals surface area contributed by atoms with Crippen molar-refractivity contribution in [1.82, 2.24) is 9.88 Å². The first-order valence-electron chi connectivity index (χ1n) is 11.0. The smallest absolute Gasteiger partial charge is 0.328 e. The summed E-state index contributed by atoms with van der Waals surface area (Å²) in [6.07, 6.45) is 5.70. The topological polar surface area (TPSA) is 77.4 Å². The molecule has 6 heteroatoms. The predicted octanol–water partition coefficient (Wildman–Crippen LogP) is 3.87. The van der Waals surface area contributed by atoms with Crippen LogP contribution in [0.25, 0.3) is 0 Å². The van der Waals surface area contributed by atoms with Gasteiger partial charge in [0.1, 0.15) is 11.6 Å². The van der Waals surface area contributed by atoms with Crippen molar-refractivity contribution in [2.45, 2.75) is 92.2 Å². The number of rotatable bonds is 12. The molecule has 1 rings (SSSR count). The molecule has 1 amide bonds. The zero-order valence-corrected chi connectivity index (χ0v) is 19.0. The van der Waals surface area contributed by atoms with Gasteiger partial charge in [0.15, 0.2) is 0 Å². The number of aromatic nitrogens is 1. The molecule has 1 heterocycles. The first-order chi connectivity index (χ1) is 13.8. The molecule has 0 saturated carbocycles. The van der Waals surface area contributed by atoms with Crippen LogP contribution in [0.3, 0.4) is 0 Å². The van der Waals surface area contributed by atoms with Gasteiger partial charge in [0.05, 0.1) is 7.11 Å². The third kappa shape index (κ3) is 6.72. The van der Waals surface area contributed by atoms with Crippen LogP contribution in [0.2, 0.25) is 0 Å². The maximum Gasteiger partial charge on any atom is 0.328 e. The normalized spacial score (nSPS) is 13.0. The summed E-state index contributed by atoms with van der Waals surface area (Å²) in [5.41, 5.74) is 1.87. The molecule has 2 atom stereocenters. The first-order valence-corrected chi connectivity index (χ1v) is 11.0. The summed E-state index contributed by atoms with van der Waals surface area (Å²) in [7, 11) is 1.31. The van der Waals surface area contributed by atoms with Gasteiger partial charge < -0.3 is 14.6 Å². The highest BCUT2D eigenvalue weighted by atomic mass is 16.5. The van der Waals surface area contributed by atoms with E-state index in [1.54, 1.807) is 10.6 Å². The Morgan fingerprint density at radius 1 is 1.17 bits per heavy atom. The van der Waals surface area contributed by atoms with E-state index in [9.17, 15) is 14.4 Å². The zero-order chi connectivity index (χ0) is 22.0. The van der Waals surface area contributed by atoms with Crippen molar-refractivity contribution in [3.8, 4) is 0 Å². The minimum absolute atomic E-state index is 0.107. The van der Waals surface area contributed by atoms with Crippen LogP contribution >= 0.6 is 0 Å². The van der Waals surface area contributed by atoms with E-state index in [0.29, 0.717) is 13.0 Å². The van der Waals surface area contributed by atoms with Gasteiger partial charge >= 0.3 is 5.97 Å². The molecule has 1 aromatic rings. The highest BCUT2D eigenvalue weighted by molar-refractivity contribution is 5.96. The molecule has 0 bridgehead atoms. The number of amides is 1. The number of aryl methyl sites for hydroxylation is 1. The largest absolute Gasteiger partial charge is 0.467 e. The Labute approximate surface area is 175 Å². The van der Waals surface area contributed by atoms with Crippen molar-refractivity contribution in [2.24, 2.45) is 5.92 Å². The van der Waals surface area contributed by atoms with Crippen LogP contribution in [0.5, 0.6) is 0 Å². The van der Waals surface area contributed by atoms with E-state index in [-0.39, 0.29) is 17.0 Å². The minimum Gasteiger partial charge on any atom is -0.467 e. The van der Waals surface area contributed by atoms with Crippen molar-refractivity contribution in [2.75, 3.05) is 7.11 Å². The van der Waals surface area contributed by atoms with Crippen molar-refractivity contribution < 1.29 is 14.3 Å². The number of ether oxygens (including phenoxy) is 1. The summed E-state index contributed by atoms with van der Waals surface area (Å²) >= 11 is 0. The Bertz CT molecular complexity index is 739. The standard InChI is InChI=1S/C23H38N2O4/c1-7-11-13-25-20(12-8-2)17(10-4)15-18(22(25)27)21(26)24-19(23(28)29-6)14-16(5)9-3/h15-16,19H,7-14H2,1-6H3,(H,24,26)/t16?,19-/m0/s1. The fourth-order valence-corrected chi connectivity index (χ4v) is 3.48. The molecule has 0 aromatic carbocycles. The van der Waals surface area contributed by atoms with Crippen LogP contribution in [0.1, 0.15) is 88.3 Å². The van der Waals surface area contributed by atoms with E-state index in [2.05, 4.69) is 19.2 Å². The maximum absolute atomic E-state index is 13.2. The number of pyridine rings is 1. The lowest BCUT2D eigenvalue weighted by Gasteiger charge is -2.21. The molecule has 1 aromatic heterocycles. The Hall–Kier alpha value is -2.11. The molecule has 0 aliphatic heterocycles. The quantitative estimate of drug-likeness (QED) is 0.535. The summed E-state index contributed by atoms with van der Waals surface area (Å²) in [5, 5.41) is 2.75. The Kier molecular flexibility index (Phi) is 10.7. The van der Waals surface area contributed by atoms with Gasteiger partial charge in [-0.3, -0.25) is 9.59 Å². The third-order valence-electron chi connectivity index (χ3n) is 5.46. The lowest BCUT2D eigenvalue weighted by atomic mass is 9.98. The Morgan fingerprint density at radius 2 is 1.86 bits per heavy atom. The number of nitrogens with zero attached hydrogens (tertiary/aromatic N) is 1. The average Bonchev–Trinajstić information content (AvgIpc) is 2.72. The lowest BCUT2D eigenvalue weighted by Crippen LogP contribution is -2.45. The van der Waals surface area contributed by atoms with Gasteiger partial charge in [-0.05, 0) is 43.2 Å². The molecule has 164 valence electrons. The molecular formula is C23H38N2O4. The molecule has 0 aliphatic rings. The maximum atomic E-state index is 13.2. The molecule has 29 heavy (non-hydrogen) atoms. The number of hydrogen-bond donors (Lipinski definition) is 1. The van der Waals surface area contributed by atoms with Crippen molar-refractivity contribution in [3.63, 3.8) is 0 Å². The second-order valence-corrected chi connectivity index (χ2v) is 7.74. The molecule has 6 nitrogen and oxygen atoms in total. The van der Waals surface area contributed by atoms with E-state index in [4.69, 9.17) is 4.74 Å². The van der Waals surface area contributed by atoms with Crippen LogP contribution in [0.4, 0.5) is 0 Å². The molecule has 0 radical (unpaired) electrons. The monoisotopic (exact) mass is 406 g/mol. The molecule has 0 fully saturated rings. The van der Waals surface area contributed by atoms with Gasteiger partial charge in [-0.2, -0.15) is 0 Å². The lowest BCUT2D eigenvalue weighted by molar-refractivity contribution is -0.143. The Balaban J connectivity index is 3.34. The summed E-state index contributed by atoms with van der Waals surface area (Å²) in [6, 6.07) is 0.953. The van der Waals surface area contributed by atoms with Gasteiger partial charge in [-0.15, -0.1) is 0 Å². The minimum atomic E-state index is -0.758. The second kappa shape index (κ2) is 12.5. The SMILES string of the molecule is CCCCn1c(CCC)c(CC)cc(C(=O)N[C@@H](CC(C)CC)C(=O)OC)c1=O. The average molecular weight is 407 g/mol. The summed E-state index contributed by atoms with van der Waals surface area (Å²) in [4.78, 5) is 38.3. The van der Waals surface area contributed by atoms with Crippen LogP contribution < -0.4 is 10.9 Å². The van der Waals surface area contributed by atoms with Crippen LogP contribution in [0.15, 0.2) is 10.9 Å². The van der Waals surface area contributed by atoms with Gasteiger partial charge in [-0.25, -0.2) is 4.79 Å². The summed E-state index contributed by atoms with van der Waals surface area (Å²) < 4.78 is 6.63. The number of carbonyl (C=O) groups excluding carboxylic acids is 2. The van der Waals surface area contributed by atoms with E-state index in [0.717, 1.165) is 49.8 Å². The highest BCUT2D eigenvalue weighted by Crippen LogP contribution is 2.15. The van der Waals surface area contributed by atoms with E-state index in [1.165, 1.54) is 7.11 Å². The summed E-state index contributed by atoms with van der Waals surface area (Å²) in [5.74, 6) is -0.737. The van der Waals surface area contributed by atoms with E-state index < -0.39 is 17.9 Å². The highest BCUT2D eigenvalue weighted by Gasteiger charge is 2.26. The van der Waals surface area contributed by atoms with Gasteiger partial charge in [0.25, 0.3) is 11.5 Å². The zero-order valence-electron chi connectivity index (χ0n) is 19.0. The second-order valence-electron chi connectivity index (χ2n) is 7.74. The predicted molar refractivity (Wildman–Crippen MR) is 116 cm³/mol. The van der Waals surface area contributed by atoms with Crippen LogP contribution in [-0.4, -0.2) is 29.6 Å². The van der Waals surface area contributed by atoms with Gasteiger partial charge in [0.2, 0.25) is 0 Å². The number of nitrogens with one attached hydrogen (secondary N) is 1. The number of carbonyl (C=O) groups is 2. The van der Waals surface area contributed by atoms with E-state index >= 15 is 0 Å². The van der Waals surface area contributed by atoms with Crippen molar-refractivity contribution in [1.29, 1.82) is 0 Å². The van der Waals surface area contributed by atoms with Crippen molar-refractivity contribution >= 4 is 11.9 Å². The molecule has 0 aliphatic carbocycles. The number of hydrogen-bond acceptors (Lipinski definition) is 4. The molecular weight excluding hydrogens is 368 g/mol. The van der Waals surface area contributed by atoms with Gasteiger partial charge in [0, 0.05) is 12.2 Å². The first kappa shape index (κ1) is 24.9. The summed E-state index contributed by atoms with van der Waals surface area (Å²) in [6.45, 7) is 10.9. The fraction of sp³-hybridized carbons (Fsp3) is 0.696. The molecule has 1 N–H and O–H groups in total. The Morgan fingerprint density at radius 3 is 2.38 bits per heavy atom. The third-order valence-corrected chi connectivity index (χ3v) is 5.46. The molecule has 1 unspecified atom stereocenters.